The molecule has 1 N–H and O–H groups in total. The Labute approximate surface area is 138 Å². The van der Waals surface area contributed by atoms with Crippen molar-refractivity contribution in [2.75, 3.05) is 0 Å². The van der Waals surface area contributed by atoms with E-state index in [-0.39, 0.29) is 0 Å². The van der Waals surface area contributed by atoms with Gasteiger partial charge in [-0.2, -0.15) is 0 Å². The van der Waals surface area contributed by atoms with Gasteiger partial charge >= 0.3 is 0 Å². The van der Waals surface area contributed by atoms with Gasteiger partial charge in [0.15, 0.2) is 0 Å². The Morgan fingerprint density at radius 2 is 1.91 bits per heavy atom. The highest BCUT2D eigenvalue weighted by atomic mass is 79.9. The summed E-state index contributed by atoms with van der Waals surface area (Å²) in [5.74, 6) is 1.68. The molecule has 3 nitrogen and oxygen atoms in total. The predicted molar refractivity (Wildman–Crippen MR) is 91.7 cm³/mol. The second-order valence-corrected chi connectivity index (χ2v) is 6.71. The van der Waals surface area contributed by atoms with Crippen LogP contribution in [-0.2, 0) is 0 Å². The van der Waals surface area contributed by atoms with Crippen LogP contribution in [0, 0.1) is 6.92 Å². The summed E-state index contributed by atoms with van der Waals surface area (Å²) in [5.41, 5.74) is 5.08. The van der Waals surface area contributed by atoms with Crippen LogP contribution < -0.4 is 0 Å². The van der Waals surface area contributed by atoms with Gasteiger partial charge in [-0.25, -0.2) is 4.98 Å². The first-order valence-corrected chi connectivity index (χ1v) is 8.30. The zero-order valence-electron chi connectivity index (χ0n) is 12.3. The van der Waals surface area contributed by atoms with Crippen LogP contribution in [-0.4, -0.2) is 15.0 Å². The summed E-state index contributed by atoms with van der Waals surface area (Å²) in [5, 5.41) is 0. The van der Waals surface area contributed by atoms with E-state index in [9.17, 15) is 0 Å². The summed E-state index contributed by atoms with van der Waals surface area (Å²) in [6.07, 6.45) is 2.46. The number of hydrogen-bond acceptors (Lipinski definition) is 2. The molecule has 0 spiro atoms. The van der Waals surface area contributed by atoms with Crippen molar-refractivity contribution in [1.29, 1.82) is 0 Å². The van der Waals surface area contributed by atoms with Crippen LogP contribution in [0.5, 0.6) is 0 Å². The molecular weight excluding hydrogens is 338 g/mol. The van der Waals surface area contributed by atoms with Crippen LogP contribution in [0.25, 0.3) is 22.6 Å². The van der Waals surface area contributed by atoms with Gasteiger partial charge in [0, 0.05) is 21.6 Å². The molecule has 2 aromatic heterocycles. The predicted octanol–water partition coefficient (Wildman–Crippen LogP) is 5.09. The molecule has 0 unspecified atom stereocenters. The largest absolute Gasteiger partial charge is 0.340 e. The van der Waals surface area contributed by atoms with Crippen LogP contribution >= 0.6 is 15.9 Å². The number of pyridine rings is 1. The average Bonchev–Trinajstić information content (AvgIpc) is 3.26. The van der Waals surface area contributed by atoms with Crippen LogP contribution in [0.2, 0.25) is 0 Å². The fourth-order valence-electron chi connectivity index (χ4n) is 2.65. The Kier molecular flexibility index (Phi) is 3.34. The van der Waals surface area contributed by atoms with Gasteiger partial charge in [-0.15, -0.1) is 0 Å². The van der Waals surface area contributed by atoms with Crippen molar-refractivity contribution in [3.05, 3.63) is 58.5 Å². The first-order valence-electron chi connectivity index (χ1n) is 7.50. The van der Waals surface area contributed by atoms with E-state index in [1.165, 1.54) is 12.8 Å². The fraction of sp³-hybridized carbons (Fsp3) is 0.222. The number of benzene rings is 1. The molecule has 1 aliphatic rings. The number of halogens is 1. The quantitative estimate of drug-likeness (QED) is 0.712. The van der Waals surface area contributed by atoms with Gasteiger partial charge in [0.05, 0.1) is 17.1 Å². The fourth-order valence-corrected chi connectivity index (χ4v) is 3.05. The van der Waals surface area contributed by atoms with Gasteiger partial charge < -0.3 is 4.98 Å². The van der Waals surface area contributed by atoms with Gasteiger partial charge in [0.1, 0.15) is 5.82 Å². The first kappa shape index (κ1) is 13.7. The maximum atomic E-state index is 4.87. The first-order chi connectivity index (χ1) is 10.7. The number of rotatable bonds is 3. The molecule has 0 atom stereocenters. The molecule has 0 aliphatic heterocycles. The van der Waals surface area contributed by atoms with Crippen molar-refractivity contribution in [3.63, 3.8) is 0 Å². The highest BCUT2D eigenvalue weighted by molar-refractivity contribution is 9.10. The van der Waals surface area contributed by atoms with E-state index >= 15 is 0 Å². The van der Waals surface area contributed by atoms with Crippen molar-refractivity contribution in [1.82, 2.24) is 15.0 Å². The van der Waals surface area contributed by atoms with Crippen molar-refractivity contribution in [2.24, 2.45) is 0 Å². The van der Waals surface area contributed by atoms with E-state index in [1.54, 1.807) is 0 Å². The third kappa shape index (κ3) is 2.59. The SMILES string of the molecule is Cc1cccc(-c2[nH]c(C3CC3)nc2-c2cccc(Br)c2)n1. The Bertz CT molecular complexity index is 771. The van der Waals surface area contributed by atoms with E-state index in [0.29, 0.717) is 5.92 Å². The van der Waals surface area contributed by atoms with Gasteiger partial charge in [0.2, 0.25) is 0 Å². The molecule has 4 rings (SSSR count). The number of aromatic nitrogens is 3. The maximum absolute atomic E-state index is 4.87. The normalized spacial score (nSPS) is 14.3. The van der Waals surface area contributed by atoms with E-state index in [0.717, 1.165) is 38.6 Å². The molecule has 1 saturated carbocycles. The Morgan fingerprint density at radius 1 is 1.09 bits per heavy atom. The molecule has 0 bridgehead atoms. The third-order valence-electron chi connectivity index (χ3n) is 3.93. The number of H-pyrrole nitrogens is 1. The average molecular weight is 354 g/mol. The molecule has 1 aliphatic carbocycles. The summed E-state index contributed by atoms with van der Waals surface area (Å²) in [6, 6.07) is 14.4. The second kappa shape index (κ2) is 5.36. The Morgan fingerprint density at radius 3 is 2.64 bits per heavy atom. The number of aromatic amines is 1. The lowest BCUT2D eigenvalue weighted by atomic mass is 10.1. The maximum Gasteiger partial charge on any atom is 0.110 e. The second-order valence-electron chi connectivity index (χ2n) is 5.79. The zero-order valence-corrected chi connectivity index (χ0v) is 13.9. The summed E-state index contributed by atoms with van der Waals surface area (Å²) in [7, 11) is 0. The molecule has 4 heteroatoms. The number of hydrogen-bond donors (Lipinski definition) is 1. The molecule has 0 saturated heterocycles. The van der Waals surface area contributed by atoms with E-state index < -0.39 is 0 Å². The summed E-state index contributed by atoms with van der Waals surface area (Å²) in [6.45, 7) is 2.01. The topological polar surface area (TPSA) is 41.6 Å². The molecule has 1 aromatic carbocycles. The molecule has 22 heavy (non-hydrogen) atoms. The molecule has 0 amide bonds. The Hall–Kier alpha value is -1.94. The van der Waals surface area contributed by atoms with E-state index in [2.05, 4.69) is 38.0 Å². The number of nitrogens with zero attached hydrogens (tertiary/aromatic N) is 2. The van der Waals surface area contributed by atoms with Crippen molar-refractivity contribution in [3.8, 4) is 22.6 Å². The minimum absolute atomic E-state index is 0.587. The van der Waals surface area contributed by atoms with Crippen molar-refractivity contribution in [2.45, 2.75) is 25.7 Å². The third-order valence-corrected chi connectivity index (χ3v) is 4.42. The molecule has 3 aromatic rings. The number of imidazole rings is 1. The smallest absolute Gasteiger partial charge is 0.110 e. The molecule has 0 radical (unpaired) electrons. The minimum Gasteiger partial charge on any atom is -0.340 e. The lowest BCUT2D eigenvalue weighted by Gasteiger charge is -2.04. The highest BCUT2D eigenvalue weighted by Gasteiger charge is 2.28. The molecule has 1 fully saturated rings. The van der Waals surface area contributed by atoms with Crippen molar-refractivity contribution >= 4 is 15.9 Å². The van der Waals surface area contributed by atoms with Gasteiger partial charge in [-0.3, -0.25) is 4.98 Å². The minimum atomic E-state index is 0.587. The van der Waals surface area contributed by atoms with Gasteiger partial charge in [-0.1, -0.05) is 34.1 Å². The van der Waals surface area contributed by atoms with Crippen LogP contribution in [0.15, 0.2) is 46.9 Å². The van der Waals surface area contributed by atoms with Crippen molar-refractivity contribution < 1.29 is 0 Å². The van der Waals surface area contributed by atoms with E-state index in [4.69, 9.17) is 4.98 Å². The van der Waals surface area contributed by atoms with Gasteiger partial charge in [0.25, 0.3) is 0 Å². The van der Waals surface area contributed by atoms with Crippen LogP contribution in [0.1, 0.15) is 30.3 Å². The standard InChI is InChI=1S/C18H16BrN3/c1-11-4-2-7-15(20-11)17-16(13-5-3-6-14(19)10-13)21-18(22-17)12-8-9-12/h2-7,10,12H,8-9H2,1H3,(H,21,22). The number of aryl methyl sites for hydroxylation is 1. The summed E-state index contributed by atoms with van der Waals surface area (Å²) < 4.78 is 1.06. The highest BCUT2D eigenvalue weighted by Crippen LogP contribution is 2.41. The molecular formula is C18H16BrN3. The molecule has 110 valence electrons. The van der Waals surface area contributed by atoms with Crippen LogP contribution in [0.4, 0.5) is 0 Å². The number of nitrogens with one attached hydrogen (secondary N) is 1. The van der Waals surface area contributed by atoms with E-state index in [1.807, 2.05) is 37.3 Å². The molecule has 2 heterocycles. The monoisotopic (exact) mass is 353 g/mol. The summed E-state index contributed by atoms with van der Waals surface area (Å²) in [4.78, 5) is 13.1. The Balaban J connectivity index is 1.89. The lowest BCUT2D eigenvalue weighted by molar-refractivity contribution is 0.976. The lowest BCUT2D eigenvalue weighted by Crippen LogP contribution is -1.89. The van der Waals surface area contributed by atoms with Crippen LogP contribution in [0.3, 0.4) is 0 Å². The zero-order chi connectivity index (χ0) is 15.1. The summed E-state index contributed by atoms with van der Waals surface area (Å²) >= 11 is 3.55. The van der Waals surface area contributed by atoms with Gasteiger partial charge in [-0.05, 0) is 44.0 Å².